The molecule has 0 saturated carbocycles. The smallest absolute Gasteiger partial charge is 0.224 e. The van der Waals surface area contributed by atoms with E-state index in [0.717, 1.165) is 29.8 Å². The molecule has 2 heterocycles. The number of halogens is 1. The molecule has 1 aliphatic rings. The number of carbonyl (C=O) groups excluding carboxylic acids is 1. The van der Waals surface area contributed by atoms with Crippen molar-refractivity contribution in [1.82, 2.24) is 20.1 Å². The lowest BCUT2D eigenvalue weighted by Crippen LogP contribution is -2.41. The highest BCUT2D eigenvalue weighted by atomic mass is 19.1. The number of carbonyl (C=O) groups is 1. The molecule has 0 aliphatic carbocycles. The van der Waals surface area contributed by atoms with Crippen LogP contribution in [0.4, 0.5) is 4.39 Å². The molecule has 6 nitrogen and oxygen atoms in total. The molecule has 0 saturated heterocycles. The molecule has 1 amide bonds. The molecule has 3 aromatic rings. The summed E-state index contributed by atoms with van der Waals surface area (Å²) in [6.45, 7) is 0.590. The van der Waals surface area contributed by atoms with E-state index < -0.39 is 0 Å². The molecule has 7 heteroatoms. The average Bonchev–Trinajstić information content (AvgIpc) is 3.12. The highest BCUT2D eigenvalue weighted by Crippen LogP contribution is 2.24. The van der Waals surface area contributed by atoms with E-state index in [1.54, 1.807) is 19.2 Å². The van der Waals surface area contributed by atoms with Gasteiger partial charge in [0.25, 0.3) is 0 Å². The van der Waals surface area contributed by atoms with Gasteiger partial charge in [-0.1, -0.05) is 18.2 Å². The topological polar surface area (TPSA) is 69.0 Å². The summed E-state index contributed by atoms with van der Waals surface area (Å²) in [6.07, 6.45) is 1.80. The number of nitrogens with zero attached hydrogens (tertiary/aromatic N) is 3. The maximum absolute atomic E-state index is 13.2. The number of benzene rings is 2. The summed E-state index contributed by atoms with van der Waals surface area (Å²) in [7, 11) is 1.60. The summed E-state index contributed by atoms with van der Waals surface area (Å²) < 4.78 is 20.5. The van der Waals surface area contributed by atoms with Crippen molar-refractivity contribution in [1.29, 1.82) is 0 Å². The Morgan fingerprint density at radius 1 is 1.21 bits per heavy atom. The van der Waals surface area contributed by atoms with E-state index in [-0.39, 0.29) is 24.2 Å². The number of ether oxygens (including phenoxy) is 1. The van der Waals surface area contributed by atoms with Crippen LogP contribution in [0, 0.1) is 5.82 Å². The predicted molar refractivity (Wildman–Crippen MR) is 102 cm³/mol. The van der Waals surface area contributed by atoms with E-state index in [1.165, 1.54) is 12.1 Å². The first-order chi connectivity index (χ1) is 13.6. The second-order valence-electron chi connectivity index (χ2n) is 6.85. The first kappa shape index (κ1) is 18.2. The highest BCUT2D eigenvalue weighted by molar-refractivity contribution is 5.79. The Balaban J connectivity index is 1.46. The molecule has 1 aliphatic heterocycles. The van der Waals surface area contributed by atoms with E-state index >= 15 is 0 Å². The maximum Gasteiger partial charge on any atom is 0.224 e. The largest absolute Gasteiger partial charge is 0.496 e. The van der Waals surface area contributed by atoms with Gasteiger partial charge in [-0.2, -0.15) is 0 Å². The molecule has 0 radical (unpaired) electrons. The van der Waals surface area contributed by atoms with Crippen molar-refractivity contribution in [3.63, 3.8) is 0 Å². The van der Waals surface area contributed by atoms with E-state index in [9.17, 15) is 9.18 Å². The summed E-state index contributed by atoms with van der Waals surface area (Å²) in [6, 6.07) is 13.7. The lowest BCUT2D eigenvalue weighted by Gasteiger charge is -2.25. The third-order valence-corrected chi connectivity index (χ3v) is 4.96. The Kier molecular flexibility index (Phi) is 5.06. The quantitative estimate of drug-likeness (QED) is 0.739. The molecule has 1 aromatic heterocycles. The Labute approximate surface area is 162 Å². The minimum absolute atomic E-state index is 0.00935. The van der Waals surface area contributed by atoms with Crippen LogP contribution in [0.2, 0.25) is 0 Å². The molecule has 0 bridgehead atoms. The molecule has 1 atom stereocenters. The van der Waals surface area contributed by atoms with Gasteiger partial charge in [-0.25, -0.2) is 4.39 Å². The second kappa shape index (κ2) is 7.80. The third-order valence-electron chi connectivity index (χ3n) is 4.96. The van der Waals surface area contributed by atoms with Crippen LogP contribution >= 0.6 is 0 Å². The van der Waals surface area contributed by atoms with Gasteiger partial charge in [-0.05, 0) is 36.8 Å². The number of hydrogen-bond donors (Lipinski definition) is 1. The zero-order valence-electron chi connectivity index (χ0n) is 15.6. The van der Waals surface area contributed by atoms with Gasteiger partial charge in [0.15, 0.2) is 5.82 Å². The van der Waals surface area contributed by atoms with Crippen molar-refractivity contribution in [2.75, 3.05) is 7.11 Å². The number of rotatable bonds is 5. The van der Waals surface area contributed by atoms with Crippen LogP contribution in [0.3, 0.4) is 0 Å². The van der Waals surface area contributed by atoms with Gasteiger partial charge in [-0.15, -0.1) is 10.2 Å². The van der Waals surface area contributed by atoms with Crippen molar-refractivity contribution >= 4 is 5.91 Å². The third kappa shape index (κ3) is 3.74. The zero-order valence-corrected chi connectivity index (χ0v) is 15.6. The maximum atomic E-state index is 13.2. The van der Waals surface area contributed by atoms with Crippen LogP contribution in [0.1, 0.15) is 17.8 Å². The fourth-order valence-electron chi connectivity index (χ4n) is 3.56. The Morgan fingerprint density at radius 3 is 2.79 bits per heavy atom. The molecule has 28 heavy (non-hydrogen) atoms. The SMILES string of the molecule is COc1ccccc1CC(=O)N[C@@H]1CCc2nnc(-c3ccc(F)cc3)n2C1. The van der Waals surface area contributed by atoms with Crippen molar-refractivity contribution in [3.8, 4) is 17.1 Å². The average molecular weight is 380 g/mol. The summed E-state index contributed by atoms with van der Waals surface area (Å²) in [5, 5.41) is 11.6. The summed E-state index contributed by atoms with van der Waals surface area (Å²) >= 11 is 0. The number of aryl methyl sites for hydroxylation is 1. The van der Waals surface area contributed by atoms with Gasteiger partial charge in [0, 0.05) is 30.1 Å². The Bertz CT molecular complexity index is 984. The van der Waals surface area contributed by atoms with Gasteiger partial charge < -0.3 is 14.6 Å². The molecule has 0 fully saturated rings. The first-order valence-corrected chi connectivity index (χ1v) is 9.23. The van der Waals surface area contributed by atoms with Crippen LogP contribution in [0.25, 0.3) is 11.4 Å². The fourth-order valence-corrected chi connectivity index (χ4v) is 3.56. The van der Waals surface area contributed by atoms with Crippen molar-refractivity contribution < 1.29 is 13.9 Å². The van der Waals surface area contributed by atoms with Crippen LogP contribution in [0.5, 0.6) is 5.75 Å². The molecule has 0 spiro atoms. The van der Waals surface area contributed by atoms with Crippen LogP contribution < -0.4 is 10.1 Å². The summed E-state index contributed by atoms with van der Waals surface area (Å²) in [5.74, 6) is 1.95. The second-order valence-corrected chi connectivity index (χ2v) is 6.85. The minimum atomic E-state index is -0.288. The lowest BCUT2D eigenvalue weighted by molar-refractivity contribution is -0.121. The lowest BCUT2D eigenvalue weighted by atomic mass is 10.1. The van der Waals surface area contributed by atoms with Gasteiger partial charge in [0.1, 0.15) is 17.4 Å². The van der Waals surface area contributed by atoms with Gasteiger partial charge in [0.2, 0.25) is 5.91 Å². The predicted octanol–water partition coefficient (Wildman–Crippen LogP) is 2.77. The van der Waals surface area contributed by atoms with Gasteiger partial charge >= 0.3 is 0 Å². The number of amides is 1. The molecule has 144 valence electrons. The molecular formula is C21H21FN4O2. The Hall–Kier alpha value is -3.22. The van der Waals surface area contributed by atoms with Crippen molar-refractivity contribution in [2.24, 2.45) is 0 Å². The van der Waals surface area contributed by atoms with E-state index in [2.05, 4.69) is 15.5 Å². The number of nitrogens with one attached hydrogen (secondary N) is 1. The number of para-hydroxylation sites is 1. The zero-order chi connectivity index (χ0) is 19.5. The molecule has 0 unspecified atom stereocenters. The van der Waals surface area contributed by atoms with E-state index in [1.807, 2.05) is 28.8 Å². The number of methoxy groups -OCH3 is 1. The van der Waals surface area contributed by atoms with Crippen molar-refractivity contribution in [2.45, 2.75) is 31.8 Å². The minimum Gasteiger partial charge on any atom is -0.496 e. The summed E-state index contributed by atoms with van der Waals surface area (Å²) in [4.78, 5) is 12.5. The fraction of sp³-hybridized carbons (Fsp3) is 0.286. The summed E-state index contributed by atoms with van der Waals surface area (Å²) in [5.41, 5.74) is 1.66. The number of aromatic nitrogens is 3. The highest BCUT2D eigenvalue weighted by Gasteiger charge is 2.25. The van der Waals surface area contributed by atoms with Crippen LogP contribution in [-0.4, -0.2) is 33.8 Å². The van der Waals surface area contributed by atoms with Crippen LogP contribution in [-0.2, 0) is 24.2 Å². The van der Waals surface area contributed by atoms with Gasteiger partial charge in [-0.3, -0.25) is 4.79 Å². The molecule has 4 rings (SSSR count). The van der Waals surface area contributed by atoms with Crippen molar-refractivity contribution in [3.05, 3.63) is 65.7 Å². The molecule has 1 N–H and O–H groups in total. The van der Waals surface area contributed by atoms with E-state index in [0.29, 0.717) is 18.1 Å². The van der Waals surface area contributed by atoms with E-state index in [4.69, 9.17) is 4.74 Å². The molecular weight excluding hydrogens is 359 g/mol. The normalized spacial score (nSPS) is 15.7. The first-order valence-electron chi connectivity index (χ1n) is 9.23. The van der Waals surface area contributed by atoms with Crippen LogP contribution in [0.15, 0.2) is 48.5 Å². The van der Waals surface area contributed by atoms with Gasteiger partial charge in [0.05, 0.1) is 13.5 Å². The Morgan fingerprint density at radius 2 is 2.00 bits per heavy atom. The number of hydrogen-bond acceptors (Lipinski definition) is 4. The number of fused-ring (bicyclic) bond motifs is 1. The molecule has 2 aromatic carbocycles. The monoisotopic (exact) mass is 380 g/mol. The standard InChI is InChI=1S/C21H21FN4O2/c1-28-18-5-3-2-4-15(18)12-20(27)23-17-10-11-19-24-25-21(26(19)13-17)14-6-8-16(22)9-7-14/h2-9,17H,10-13H2,1H3,(H,23,27)/t17-/m1/s1.